The summed E-state index contributed by atoms with van der Waals surface area (Å²) in [6, 6.07) is 34.0. The first-order valence-corrected chi connectivity index (χ1v) is 11.6. The predicted molar refractivity (Wildman–Crippen MR) is 132 cm³/mol. The molecule has 1 atom stereocenters. The highest BCUT2D eigenvalue weighted by Gasteiger charge is 2.56. The molecule has 4 aromatic rings. The molecule has 0 radical (unpaired) electrons. The Hall–Kier alpha value is -3.65. The summed E-state index contributed by atoms with van der Waals surface area (Å²) >= 11 is 0. The first-order chi connectivity index (χ1) is 16.0. The first kappa shape index (κ1) is 20.0. The van der Waals surface area contributed by atoms with Gasteiger partial charge in [0, 0.05) is 10.8 Å². The number of aliphatic carboxylic acids is 1. The van der Waals surface area contributed by atoms with Gasteiger partial charge in [0.05, 0.1) is 6.42 Å². The van der Waals surface area contributed by atoms with Crippen molar-refractivity contribution in [1.82, 2.24) is 0 Å². The molecule has 2 aliphatic carbocycles. The summed E-state index contributed by atoms with van der Waals surface area (Å²) in [5, 5.41) is 10.3. The fourth-order valence-electron chi connectivity index (χ4n) is 6.85. The minimum atomic E-state index is -0.767. The van der Waals surface area contributed by atoms with Gasteiger partial charge < -0.3 is 5.11 Å². The second-order valence-electron chi connectivity index (χ2n) is 9.65. The van der Waals surface area contributed by atoms with Gasteiger partial charge in [0.15, 0.2) is 0 Å². The third kappa shape index (κ3) is 2.47. The van der Waals surface area contributed by atoms with Crippen LogP contribution in [-0.2, 0) is 15.6 Å². The standard InChI is InChI=1S/C31H26O2/c1-20(30(2)25-15-7-3-11-21(25)22-12-4-8-16-26(22)30)31(19-29(32)33)27-17-9-5-13-23(27)24-14-6-10-18-28(24)31/h3-18,20H,19H2,1-2H3,(H,32,33). The molecular weight excluding hydrogens is 404 g/mol. The van der Waals surface area contributed by atoms with Crippen LogP contribution in [0.3, 0.4) is 0 Å². The topological polar surface area (TPSA) is 37.3 Å². The van der Waals surface area contributed by atoms with Crippen LogP contribution in [0.15, 0.2) is 97.1 Å². The van der Waals surface area contributed by atoms with Crippen LogP contribution < -0.4 is 0 Å². The third-order valence-electron chi connectivity index (χ3n) is 8.40. The van der Waals surface area contributed by atoms with Crippen molar-refractivity contribution in [3.05, 3.63) is 119 Å². The van der Waals surface area contributed by atoms with E-state index in [1.54, 1.807) is 0 Å². The van der Waals surface area contributed by atoms with E-state index in [1.807, 2.05) is 12.1 Å². The lowest BCUT2D eigenvalue weighted by molar-refractivity contribution is -0.138. The largest absolute Gasteiger partial charge is 0.481 e. The highest BCUT2D eigenvalue weighted by atomic mass is 16.4. The molecule has 0 saturated heterocycles. The maximum atomic E-state index is 12.5. The predicted octanol–water partition coefficient (Wildman–Crippen LogP) is 7.05. The third-order valence-corrected chi connectivity index (χ3v) is 8.40. The van der Waals surface area contributed by atoms with E-state index >= 15 is 0 Å². The number of carbonyl (C=O) groups is 1. The fraction of sp³-hybridized carbons (Fsp3) is 0.194. The molecule has 0 fully saturated rings. The number of fused-ring (bicyclic) bond motifs is 6. The molecule has 0 saturated carbocycles. The minimum Gasteiger partial charge on any atom is -0.481 e. The van der Waals surface area contributed by atoms with Crippen LogP contribution in [0.5, 0.6) is 0 Å². The van der Waals surface area contributed by atoms with Gasteiger partial charge in [0.25, 0.3) is 0 Å². The van der Waals surface area contributed by atoms with Crippen molar-refractivity contribution < 1.29 is 9.90 Å². The maximum Gasteiger partial charge on any atom is 0.304 e. The molecule has 4 aromatic carbocycles. The SMILES string of the molecule is CC(C1(C)c2ccccc2-c2ccccc21)C1(CC(=O)O)c2ccccc2-c2ccccc21. The molecule has 33 heavy (non-hydrogen) atoms. The second kappa shape index (κ2) is 6.92. The Labute approximate surface area is 194 Å². The Kier molecular flexibility index (Phi) is 4.19. The van der Waals surface area contributed by atoms with E-state index in [1.165, 1.54) is 22.3 Å². The average Bonchev–Trinajstić information content (AvgIpc) is 3.28. The molecular formula is C31H26O2. The summed E-state index contributed by atoms with van der Waals surface area (Å²) in [5.74, 6) is -0.771. The molecule has 0 aliphatic heterocycles. The summed E-state index contributed by atoms with van der Waals surface area (Å²) in [6.45, 7) is 4.58. The summed E-state index contributed by atoms with van der Waals surface area (Å²) in [6.07, 6.45) is 0.0577. The van der Waals surface area contributed by atoms with E-state index < -0.39 is 11.4 Å². The van der Waals surface area contributed by atoms with Crippen LogP contribution in [0, 0.1) is 5.92 Å². The zero-order chi connectivity index (χ0) is 22.8. The van der Waals surface area contributed by atoms with Crippen LogP contribution in [0.1, 0.15) is 42.5 Å². The molecule has 2 nitrogen and oxygen atoms in total. The van der Waals surface area contributed by atoms with Crippen LogP contribution in [0.2, 0.25) is 0 Å². The molecule has 6 rings (SSSR count). The number of benzene rings is 4. The van der Waals surface area contributed by atoms with Gasteiger partial charge in [-0.05, 0) is 50.4 Å². The van der Waals surface area contributed by atoms with Crippen molar-refractivity contribution >= 4 is 5.97 Å². The van der Waals surface area contributed by atoms with Gasteiger partial charge in [-0.2, -0.15) is 0 Å². The molecule has 162 valence electrons. The van der Waals surface area contributed by atoms with Gasteiger partial charge in [0.2, 0.25) is 0 Å². The van der Waals surface area contributed by atoms with Crippen LogP contribution in [0.25, 0.3) is 22.3 Å². The van der Waals surface area contributed by atoms with E-state index in [0.717, 1.165) is 22.3 Å². The Morgan fingerprint density at radius 2 is 1.00 bits per heavy atom. The first-order valence-electron chi connectivity index (χ1n) is 11.6. The van der Waals surface area contributed by atoms with Crippen molar-refractivity contribution in [3.8, 4) is 22.3 Å². The molecule has 0 spiro atoms. The average molecular weight is 431 g/mol. The van der Waals surface area contributed by atoms with Crippen molar-refractivity contribution in [1.29, 1.82) is 0 Å². The Morgan fingerprint density at radius 3 is 1.39 bits per heavy atom. The lowest BCUT2D eigenvalue weighted by Gasteiger charge is -2.46. The molecule has 1 N–H and O–H groups in total. The zero-order valence-electron chi connectivity index (χ0n) is 18.9. The van der Waals surface area contributed by atoms with E-state index in [-0.39, 0.29) is 17.8 Å². The molecule has 1 unspecified atom stereocenters. The molecule has 0 bridgehead atoms. The van der Waals surface area contributed by atoms with Gasteiger partial charge in [-0.15, -0.1) is 0 Å². The van der Waals surface area contributed by atoms with Crippen molar-refractivity contribution in [2.45, 2.75) is 31.1 Å². The highest BCUT2D eigenvalue weighted by Crippen LogP contribution is 2.63. The molecule has 0 heterocycles. The lowest BCUT2D eigenvalue weighted by Crippen LogP contribution is -2.46. The quantitative estimate of drug-likeness (QED) is 0.377. The molecule has 0 aromatic heterocycles. The van der Waals surface area contributed by atoms with Gasteiger partial charge >= 0.3 is 5.97 Å². The van der Waals surface area contributed by atoms with E-state index in [9.17, 15) is 9.90 Å². The summed E-state index contributed by atoms with van der Waals surface area (Å²) < 4.78 is 0. The number of hydrogen-bond donors (Lipinski definition) is 1. The second-order valence-corrected chi connectivity index (χ2v) is 9.65. The number of hydrogen-bond acceptors (Lipinski definition) is 1. The van der Waals surface area contributed by atoms with Crippen molar-refractivity contribution in [3.63, 3.8) is 0 Å². The monoisotopic (exact) mass is 430 g/mol. The summed E-state index contributed by atoms with van der Waals surface area (Å²) in [5.41, 5.74) is 8.67. The van der Waals surface area contributed by atoms with Crippen LogP contribution in [0.4, 0.5) is 0 Å². The number of rotatable bonds is 4. The van der Waals surface area contributed by atoms with Gasteiger partial charge in [-0.1, -0.05) is 111 Å². The summed E-state index contributed by atoms with van der Waals surface area (Å²) in [7, 11) is 0. The van der Waals surface area contributed by atoms with Crippen molar-refractivity contribution in [2.75, 3.05) is 0 Å². The molecule has 2 aliphatic rings. The van der Waals surface area contributed by atoms with E-state index in [4.69, 9.17) is 0 Å². The normalized spacial score (nSPS) is 16.9. The summed E-state index contributed by atoms with van der Waals surface area (Å²) in [4.78, 5) is 12.5. The minimum absolute atomic E-state index is 0.00398. The molecule has 2 heteroatoms. The van der Waals surface area contributed by atoms with Gasteiger partial charge in [-0.25, -0.2) is 0 Å². The van der Waals surface area contributed by atoms with Crippen molar-refractivity contribution in [2.24, 2.45) is 5.92 Å². The smallest absolute Gasteiger partial charge is 0.304 e. The van der Waals surface area contributed by atoms with Gasteiger partial charge in [0.1, 0.15) is 0 Å². The lowest BCUT2D eigenvalue weighted by atomic mass is 9.55. The highest BCUT2D eigenvalue weighted by molar-refractivity contribution is 5.86. The van der Waals surface area contributed by atoms with E-state index in [0.29, 0.717) is 0 Å². The Bertz CT molecular complexity index is 1320. The van der Waals surface area contributed by atoms with E-state index in [2.05, 4.69) is 98.8 Å². The number of carboxylic acids is 1. The number of carboxylic acid groups (broad SMARTS) is 1. The zero-order valence-corrected chi connectivity index (χ0v) is 18.9. The Balaban J connectivity index is 1.69. The van der Waals surface area contributed by atoms with Gasteiger partial charge in [-0.3, -0.25) is 4.79 Å². The maximum absolute atomic E-state index is 12.5. The molecule has 0 amide bonds. The van der Waals surface area contributed by atoms with Crippen LogP contribution >= 0.6 is 0 Å². The fourth-order valence-corrected chi connectivity index (χ4v) is 6.85. The van der Waals surface area contributed by atoms with Crippen LogP contribution in [-0.4, -0.2) is 11.1 Å². The Morgan fingerprint density at radius 1 is 0.667 bits per heavy atom.